The zero-order valence-electron chi connectivity index (χ0n) is 16.2. The molecule has 0 spiro atoms. The van der Waals surface area contributed by atoms with E-state index in [-0.39, 0.29) is 24.3 Å². The fraction of sp³-hybridized carbons (Fsp3) is 0.286. The Morgan fingerprint density at radius 3 is 2.00 bits per heavy atom. The SMILES string of the molecule is N[C@@H](Cc1ccc(O)cc1)C(=O)N[C@@H](CS)C(=O)N[C@@H](Cc1ccccc1)C(=O)O. The van der Waals surface area contributed by atoms with Crippen molar-refractivity contribution in [3.8, 4) is 5.75 Å². The van der Waals surface area contributed by atoms with Gasteiger partial charge in [0.25, 0.3) is 0 Å². The average molecular weight is 432 g/mol. The fourth-order valence-electron chi connectivity index (χ4n) is 2.77. The minimum absolute atomic E-state index is 0.0266. The van der Waals surface area contributed by atoms with Crippen molar-refractivity contribution >= 4 is 30.4 Å². The molecule has 2 amide bonds. The van der Waals surface area contributed by atoms with Gasteiger partial charge in [0.15, 0.2) is 0 Å². The summed E-state index contributed by atoms with van der Waals surface area (Å²) < 4.78 is 0. The third-order valence-corrected chi connectivity index (χ3v) is 4.81. The molecule has 0 heterocycles. The standard InChI is InChI=1S/C21H25N3O5S/c22-16(10-14-6-8-15(25)9-7-14)19(26)24-18(12-30)20(27)23-17(21(28)29)11-13-4-2-1-3-5-13/h1-9,16-18,25,30H,10-12,22H2,(H,23,27)(H,24,26)(H,28,29)/t16-,17-,18-/m0/s1. The van der Waals surface area contributed by atoms with Crippen molar-refractivity contribution in [2.24, 2.45) is 5.73 Å². The maximum atomic E-state index is 12.5. The summed E-state index contributed by atoms with van der Waals surface area (Å²) in [6.45, 7) is 0. The number of hydrogen-bond donors (Lipinski definition) is 6. The molecule has 0 aliphatic rings. The number of benzene rings is 2. The van der Waals surface area contributed by atoms with E-state index < -0.39 is 35.9 Å². The number of carboxylic acids is 1. The molecule has 0 unspecified atom stereocenters. The summed E-state index contributed by atoms with van der Waals surface area (Å²) in [5, 5.41) is 23.7. The third kappa shape index (κ3) is 7.09. The zero-order valence-corrected chi connectivity index (χ0v) is 17.1. The van der Waals surface area contributed by atoms with Crippen LogP contribution in [0.4, 0.5) is 0 Å². The van der Waals surface area contributed by atoms with Gasteiger partial charge in [0.2, 0.25) is 11.8 Å². The first-order valence-corrected chi connectivity index (χ1v) is 9.95. The Hall–Kier alpha value is -3.04. The largest absolute Gasteiger partial charge is 0.508 e. The predicted molar refractivity (Wildman–Crippen MR) is 115 cm³/mol. The first-order valence-electron chi connectivity index (χ1n) is 9.32. The number of carbonyl (C=O) groups is 3. The smallest absolute Gasteiger partial charge is 0.326 e. The molecule has 2 rings (SSSR count). The number of rotatable bonds is 10. The molecule has 8 nitrogen and oxygen atoms in total. The minimum Gasteiger partial charge on any atom is -0.508 e. The van der Waals surface area contributed by atoms with Crippen LogP contribution in [-0.4, -0.2) is 51.9 Å². The van der Waals surface area contributed by atoms with Crippen LogP contribution in [0.1, 0.15) is 11.1 Å². The topological polar surface area (TPSA) is 142 Å². The van der Waals surface area contributed by atoms with Crippen molar-refractivity contribution in [2.45, 2.75) is 31.0 Å². The third-order valence-electron chi connectivity index (χ3n) is 4.44. The van der Waals surface area contributed by atoms with Crippen LogP contribution in [0.3, 0.4) is 0 Å². The van der Waals surface area contributed by atoms with Gasteiger partial charge >= 0.3 is 5.97 Å². The summed E-state index contributed by atoms with van der Waals surface area (Å²) in [5.74, 6) is -2.32. The number of nitrogens with two attached hydrogens (primary N) is 1. The monoisotopic (exact) mass is 431 g/mol. The number of carboxylic acid groups (broad SMARTS) is 1. The highest BCUT2D eigenvalue weighted by molar-refractivity contribution is 7.80. The molecule has 6 N–H and O–H groups in total. The molecule has 0 aliphatic carbocycles. The van der Waals surface area contributed by atoms with Crippen LogP contribution in [0, 0.1) is 0 Å². The molecule has 9 heteroatoms. The Balaban J connectivity index is 1.95. The van der Waals surface area contributed by atoms with Crippen LogP contribution < -0.4 is 16.4 Å². The van der Waals surface area contributed by atoms with Gasteiger partial charge in [-0.3, -0.25) is 9.59 Å². The van der Waals surface area contributed by atoms with E-state index in [2.05, 4.69) is 23.3 Å². The Bertz CT molecular complexity index is 861. The lowest BCUT2D eigenvalue weighted by Gasteiger charge is -2.22. The van der Waals surface area contributed by atoms with Gasteiger partial charge in [-0.1, -0.05) is 42.5 Å². The van der Waals surface area contributed by atoms with Crippen LogP contribution in [-0.2, 0) is 27.2 Å². The summed E-state index contributed by atoms with van der Waals surface area (Å²) in [6.07, 6.45) is 0.314. The van der Waals surface area contributed by atoms with Crippen LogP contribution in [0.5, 0.6) is 5.75 Å². The normalized spacial score (nSPS) is 13.7. The Labute approximate surface area is 179 Å². The summed E-state index contributed by atoms with van der Waals surface area (Å²) >= 11 is 4.09. The number of carbonyl (C=O) groups excluding carboxylic acids is 2. The number of nitrogens with one attached hydrogen (secondary N) is 2. The van der Waals surface area contributed by atoms with Crippen molar-refractivity contribution in [1.29, 1.82) is 0 Å². The molecule has 0 saturated carbocycles. The molecule has 30 heavy (non-hydrogen) atoms. The van der Waals surface area contributed by atoms with Gasteiger partial charge in [0.05, 0.1) is 6.04 Å². The van der Waals surface area contributed by atoms with Crippen LogP contribution in [0.15, 0.2) is 54.6 Å². The number of phenolic OH excluding ortho intramolecular Hbond substituents is 1. The first kappa shape index (κ1) is 23.2. The second-order valence-electron chi connectivity index (χ2n) is 6.81. The van der Waals surface area contributed by atoms with E-state index in [0.717, 1.165) is 11.1 Å². The van der Waals surface area contributed by atoms with Gasteiger partial charge in [-0.25, -0.2) is 4.79 Å². The number of aliphatic carboxylic acids is 1. The molecule has 0 aliphatic heterocycles. The molecule has 160 valence electrons. The Morgan fingerprint density at radius 1 is 0.867 bits per heavy atom. The lowest BCUT2D eigenvalue weighted by Crippen LogP contribution is -2.55. The Morgan fingerprint density at radius 2 is 1.43 bits per heavy atom. The van der Waals surface area contributed by atoms with Crippen molar-refractivity contribution in [3.63, 3.8) is 0 Å². The predicted octanol–water partition coefficient (Wildman–Crippen LogP) is 0.489. The lowest BCUT2D eigenvalue weighted by molar-refractivity contribution is -0.142. The van der Waals surface area contributed by atoms with Crippen LogP contribution >= 0.6 is 12.6 Å². The van der Waals surface area contributed by atoms with Gasteiger partial charge < -0.3 is 26.6 Å². The van der Waals surface area contributed by atoms with Gasteiger partial charge in [-0.15, -0.1) is 0 Å². The minimum atomic E-state index is -1.18. The molecule has 2 aromatic rings. The van der Waals surface area contributed by atoms with E-state index in [1.54, 1.807) is 36.4 Å². The molecule has 0 bridgehead atoms. The molecule has 2 aromatic carbocycles. The van der Waals surface area contributed by atoms with Gasteiger partial charge in [-0.05, 0) is 29.7 Å². The average Bonchev–Trinajstić information content (AvgIpc) is 2.73. The molecule has 0 saturated heterocycles. The van der Waals surface area contributed by atoms with Crippen molar-refractivity contribution in [2.75, 3.05) is 5.75 Å². The number of thiol groups is 1. The van der Waals surface area contributed by atoms with Gasteiger partial charge in [-0.2, -0.15) is 12.6 Å². The van der Waals surface area contributed by atoms with Gasteiger partial charge in [0.1, 0.15) is 17.8 Å². The summed E-state index contributed by atoms with van der Waals surface area (Å²) in [7, 11) is 0. The van der Waals surface area contributed by atoms with Crippen LogP contribution in [0.25, 0.3) is 0 Å². The lowest BCUT2D eigenvalue weighted by atomic mass is 10.0. The van der Waals surface area contributed by atoms with E-state index in [9.17, 15) is 24.6 Å². The molecule has 0 fully saturated rings. The molecule has 3 atom stereocenters. The van der Waals surface area contributed by atoms with Crippen molar-refractivity contribution in [3.05, 3.63) is 65.7 Å². The maximum Gasteiger partial charge on any atom is 0.326 e. The molecule has 0 aromatic heterocycles. The van der Waals surface area contributed by atoms with E-state index in [0.29, 0.717) is 0 Å². The Kier molecular flexibility index (Phi) is 8.70. The highest BCUT2D eigenvalue weighted by Gasteiger charge is 2.27. The maximum absolute atomic E-state index is 12.5. The second-order valence-corrected chi connectivity index (χ2v) is 7.18. The van der Waals surface area contributed by atoms with Crippen molar-refractivity contribution in [1.82, 2.24) is 10.6 Å². The summed E-state index contributed by atoms with van der Waals surface area (Å²) in [5.41, 5.74) is 7.42. The number of amides is 2. The van der Waals surface area contributed by atoms with E-state index in [1.165, 1.54) is 12.1 Å². The number of hydrogen-bond acceptors (Lipinski definition) is 6. The molecular formula is C21H25N3O5S. The second kappa shape index (κ2) is 11.2. The number of aromatic hydroxyl groups is 1. The summed E-state index contributed by atoms with van der Waals surface area (Å²) in [4.78, 5) is 36.5. The highest BCUT2D eigenvalue weighted by Crippen LogP contribution is 2.11. The fourth-order valence-corrected chi connectivity index (χ4v) is 3.03. The van der Waals surface area contributed by atoms with Crippen molar-refractivity contribution < 1.29 is 24.6 Å². The van der Waals surface area contributed by atoms with E-state index in [1.807, 2.05) is 6.07 Å². The zero-order chi connectivity index (χ0) is 22.1. The van der Waals surface area contributed by atoms with E-state index >= 15 is 0 Å². The van der Waals surface area contributed by atoms with E-state index in [4.69, 9.17) is 5.73 Å². The summed E-state index contributed by atoms with van der Waals surface area (Å²) in [6, 6.07) is 12.1. The van der Waals surface area contributed by atoms with Crippen LogP contribution in [0.2, 0.25) is 0 Å². The number of phenols is 1. The highest BCUT2D eigenvalue weighted by atomic mass is 32.1. The quantitative estimate of drug-likeness (QED) is 0.302. The van der Waals surface area contributed by atoms with Gasteiger partial charge in [0, 0.05) is 12.2 Å². The first-order chi connectivity index (χ1) is 14.3. The molecular weight excluding hydrogens is 406 g/mol. The molecule has 0 radical (unpaired) electrons.